The van der Waals surface area contributed by atoms with E-state index in [1.165, 1.54) is 5.57 Å². The second kappa shape index (κ2) is 5.93. The van der Waals surface area contributed by atoms with Crippen LogP contribution in [0.5, 0.6) is 0 Å². The Labute approximate surface area is 109 Å². The van der Waals surface area contributed by atoms with Crippen LogP contribution in [-0.2, 0) is 0 Å². The van der Waals surface area contributed by atoms with Crippen molar-refractivity contribution in [1.29, 1.82) is 0 Å². The molecule has 15 heavy (non-hydrogen) atoms. The highest BCUT2D eigenvalue weighted by atomic mass is 79.9. The summed E-state index contributed by atoms with van der Waals surface area (Å²) in [5.41, 5.74) is 2.43. The first-order chi connectivity index (χ1) is 7.04. The lowest BCUT2D eigenvalue weighted by molar-refractivity contribution is 0.781. The molecule has 0 saturated carbocycles. The average molecular weight is 308 g/mol. The first-order valence-corrected chi connectivity index (χ1v) is 6.63. The summed E-state index contributed by atoms with van der Waals surface area (Å²) in [4.78, 5) is 0. The predicted octanol–water partition coefficient (Wildman–Crippen LogP) is 5.43. The molecule has 82 valence electrons. The Kier molecular flexibility index (Phi) is 5.17. The first kappa shape index (κ1) is 13.1. The minimum absolute atomic E-state index is 0.527. The minimum atomic E-state index is 0.527. The van der Waals surface area contributed by atoms with Crippen molar-refractivity contribution in [3.63, 3.8) is 0 Å². The summed E-state index contributed by atoms with van der Waals surface area (Å²) < 4.78 is 0. The number of halogens is 3. The van der Waals surface area contributed by atoms with Gasteiger partial charge in [0.1, 0.15) is 0 Å². The molecule has 0 N–H and O–H groups in total. The normalized spacial score (nSPS) is 12.3. The molecule has 0 fully saturated rings. The van der Waals surface area contributed by atoms with Crippen molar-refractivity contribution in [1.82, 2.24) is 0 Å². The van der Waals surface area contributed by atoms with Gasteiger partial charge >= 0.3 is 0 Å². The molecule has 0 spiro atoms. The topological polar surface area (TPSA) is 0 Å². The SMILES string of the molecule is CC(C)/C(=C/c1ccc(Cl)c(Cl)c1)CBr. The molecule has 0 heterocycles. The molecule has 0 nitrogen and oxygen atoms in total. The zero-order valence-corrected chi connectivity index (χ0v) is 11.8. The van der Waals surface area contributed by atoms with Crippen LogP contribution in [0.4, 0.5) is 0 Å². The third kappa shape index (κ3) is 3.82. The Balaban J connectivity index is 3.01. The van der Waals surface area contributed by atoms with Crippen molar-refractivity contribution in [2.45, 2.75) is 13.8 Å². The third-order valence-electron chi connectivity index (χ3n) is 2.19. The van der Waals surface area contributed by atoms with Crippen LogP contribution in [0.2, 0.25) is 10.0 Å². The van der Waals surface area contributed by atoms with Gasteiger partial charge in [-0.2, -0.15) is 0 Å². The molecule has 1 aromatic carbocycles. The molecule has 0 saturated heterocycles. The molecule has 0 radical (unpaired) electrons. The summed E-state index contributed by atoms with van der Waals surface area (Å²) in [7, 11) is 0. The zero-order valence-electron chi connectivity index (χ0n) is 8.73. The lowest BCUT2D eigenvalue weighted by atomic mass is 10.0. The van der Waals surface area contributed by atoms with Crippen LogP contribution in [0.1, 0.15) is 19.4 Å². The van der Waals surface area contributed by atoms with E-state index in [0.717, 1.165) is 10.9 Å². The van der Waals surface area contributed by atoms with Gasteiger partial charge in [0, 0.05) is 5.33 Å². The lowest BCUT2D eigenvalue weighted by Crippen LogP contribution is -1.94. The predicted molar refractivity (Wildman–Crippen MR) is 73.1 cm³/mol. The molecule has 0 aromatic heterocycles. The highest BCUT2D eigenvalue weighted by molar-refractivity contribution is 9.09. The van der Waals surface area contributed by atoms with E-state index in [2.05, 4.69) is 35.9 Å². The molecule has 0 aliphatic rings. The number of alkyl halides is 1. The van der Waals surface area contributed by atoms with E-state index in [1.54, 1.807) is 0 Å². The van der Waals surface area contributed by atoms with Gasteiger partial charge in [-0.05, 0) is 23.6 Å². The highest BCUT2D eigenvalue weighted by Gasteiger charge is 2.03. The average Bonchev–Trinajstić information content (AvgIpc) is 2.19. The Hall–Kier alpha value is 0.0200. The number of hydrogen-bond donors (Lipinski definition) is 0. The van der Waals surface area contributed by atoms with Crippen LogP contribution < -0.4 is 0 Å². The van der Waals surface area contributed by atoms with Gasteiger partial charge < -0.3 is 0 Å². The number of hydrogen-bond acceptors (Lipinski definition) is 0. The standard InChI is InChI=1S/C12H13BrCl2/c1-8(2)10(7-13)5-9-3-4-11(14)12(15)6-9/h3-6,8H,7H2,1-2H3/b10-5+. The molecular weight excluding hydrogens is 295 g/mol. The van der Waals surface area contributed by atoms with Crippen LogP contribution in [0.15, 0.2) is 23.8 Å². The molecule has 3 heteroatoms. The van der Waals surface area contributed by atoms with Crippen molar-refractivity contribution in [2.75, 3.05) is 5.33 Å². The van der Waals surface area contributed by atoms with Crippen molar-refractivity contribution in [3.8, 4) is 0 Å². The molecular formula is C12H13BrCl2. The summed E-state index contributed by atoms with van der Waals surface area (Å²) in [6.45, 7) is 4.34. The fourth-order valence-electron chi connectivity index (χ4n) is 1.18. The molecule has 0 aliphatic carbocycles. The molecule has 1 rings (SSSR count). The van der Waals surface area contributed by atoms with Crippen molar-refractivity contribution in [2.24, 2.45) is 5.92 Å². The van der Waals surface area contributed by atoms with Crippen molar-refractivity contribution < 1.29 is 0 Å². The van der Waals surface area contributed by atoms with Crippen molar-refractivity contribution in [3.05, 3.63) is 39.4 Å². The van der Waals surface area contributed by atoms with Gasteiger partial charge in [0.05, 0.1) is 10.0 Å². The molecule has 0 unspecified atom stereocenters. The smallest absolute Gasteiger partial charge is 0.0598 e. The molecule has 0 amide bonds. The number of allylic oxidation sites excluding steroid dienone is 1. The maximum Gasteiger partial charge on any atom is 0.0598 e. The second-order valence-corrected chi connectivity index (χ2v) is 5.06. The number of rotatable bonds is 3. The van der Waals surface area contributed by atoms with Crippen molar-refractivity contribution >= 4 is 45.2 Å². The monoisotopic (exact) mass is 306 g/mol. The third-order valence-corrected chi connectivity index (χ3v) is 3.58. The Morgan fingerprint density at radius 1 is 1.33 bits per heavy atom. The van der Waals surface area contributed by atoms with Crippen LogP contribution in [-0.4, -0.2) is 5.33 Å². The maximum absolute atomic E-state index is 5.95. The van der Waals surface area contributed by atoms with Gasteiger partial charge in [-0.15, -0.1) is 0 Å². The largest absolute Gasteiger partial charge is 0.0880 e. The fourth-order valence-corrected chi connectivity index (χ4v) is 2.29. The van der Waals surface area contributed by atoms with E-state index in [-0.39, 0.29) is 0 Å². The van der Waals surface area contributed by atoms with Gasteiger partial charge in [0.15, 0.2) is 0 Å². The first-order valence-electron chi connectivity index (χ1n) is 4.76. The van der Waals surface area contributed by atoms with E-state index >= 15 is 0 Å². The summed E-state index contributed by atoms with van der Waals surface area (Å²) in [6.07, 6.45) is 2.14. The van der Waals surface area contributed by atoms with Crippen LogP contribution in [0.25, 0.3) is 6.08 Å². The molecule has 1 aromatic rings. The van der Waals surface area contributed by atoms with E-state index in [4.69, 9.17) is 23.2 Å². The molecule has 0 aliphatic heterocycles. The lowest BCUT2D eigenvalue weighted by Gasteiger charge is -2.08. The van der Waals surface area contributed by atoms with Gasteiger partial charge in [0.2, 0.25) is 0 Å². The van der Waals surface area contributed by atoms with Gasteiger partial charge in [-0.3, -0.25) is 0 Å². The van der Waals surface area contributed by atoms with Crippen LogP contribution in [0, 0.1) is 5.92 Å². The summed E-state index contributed by atoms with van der Waals surface area (Å²) >= 11 is 15.3. The Morgan fingerprint density at radius 2 is 2.00 bits per heavy atom. The Bertz CT molecular complexity index is 370. The summed E-state index contributed by atoms with van der Waals surface area (Å²) in [6, 6.07) is 5.68. The van der Waals surface area contributed by atoms with Crippen LogP contribution >= 0.6 is 39.1 Å². The maximum atomic E-state index is 5.95. The molecule has 0 atom stereocenters. The Morgan fingerprint density at radius 3 is 2.47 bits per heavy atom. The van der Waals surface area contributed by atoms with E-state index in [0.29, 0.717) is 16.0 Å². The second-order valence-electron chi connectivity index (χ2n) is 3.68. The highest BCUT2D eigenvalue weighted by Crippen LogP contribution is 2.25. The summed E-state index contributed by atoms with van der Waals surface area (Å²) in [5.74, 6) is 0.527. The summed E-state index contributed by atoms with van der Waals surface area (Å²) in [5, 5.41) is 2.08. The quantitative estimate of drug-likeness (QED) is 0.653. The van der Waals surface area contributed by atoms with E-state index < -0.39 is 0 Å². The van der Waals surface area contributed by atoms with E-state index in [9.17, 15) is 0 Å². The van der Waals surface area contributed by atoms with E-state index in [1.807, 2.05) is 18.2 Å². The molecule has 0 bridgehead atoms. The fraction of sp³-hybridized carbons (Fsp3) is 0.333. The van der Waals surface area contributed by atoms with Crippen LogP contribution in [0.3, 0.4) is 0 Å². The van der Waals surface area contributed by atoms with Gasteiger partial charge in [-0.1, -0.05) is 70.7 Å². The number of benzene rings is 1. The zero-order chi connectivity index (χ0) is 11.4. The van der Waals surface area contributed by atoms with Gasteiger partial charge in [-0.25, -0.2) is 0 Å². The minimum Gasteiger partial charge on any atom is -0.0880 e. The van der Waals surface area contributed by atoms with Gasteiger partial charge in [0.25, 0.3) is 0 Å².